The predicted molar refractivity (Wildman–Crippen MR) is 118 cm³/mol. The molecule has 0 atom stereocenters. The Morgan fingerprint density at radius 1 is 1.17 bits per heavy atom. The average Bonchev–Trinajstić information content (AvgIpc) is 2.62. The number of fused-ring (bicyclic) bond motifs is 1. The van der Waals surface area contributed by atoms with Crippen molar-refractivity contribution in [2.24, 2.45) is 5.41 Å². The highest BCUT2D eigenvalue weighted by Gasteiger charge is 2.36. The SMILES string of the molecule is Cc1cc(F)c(NC(=O)NC2CC(C)(C)C2)cc1-c1cc2cnc(Cl)cc2nc1C. The number of amides is 2. The molecule has 0 saturated heterocycles. The summed E-state index contributed by atoms with van der Waals surface area (Å²) in [7, 11) is 0. The van der Waals surface area contributed by atoms with Crippen LogP contribution in [0.15, 0.2) is 30.5 Å². The number of nitrogens with one attached hydrogen (secondary N) is 2. The van der Waals surface area contributed by atoms with Gasteiger partial charge in [0.1, 0.15) is 11.0 Å². The van der Waals surface area contributed by atoms with Crippen LogP contribution in [0.4, 0.5) is 14.9 Å². The van der Waals surface area contributed by atoms with Crippen LogP contribution in [0, 0.1) is 25.1 Å². The molecule has 0 radical (unpaired) electrons. The van der Waals surface area contributed by atoms with Crippen molar-refractivity contribution in [3.05, 3.63) is 52.7 Å². The molecule has 2 aromatic heterocycles. The number of hydrogen-bond donors (Lipinski definition) is 2. The number of benzene rings is 1. The van der Waals surface area contributed by atoms with Gasteiger partial charge >= 0.3 is 6.03 Å². The largest absolute Gasteiger partial charge is 0.335 e. The van der Waals surface area contributed by atoms with Gasteiger partial charge in [-0.3, -0.25) is 4.98 Å². The molecule has 4 rings (SSSR count). The summed E-state index contributed by atoms with van der Waals surface area (Å²) in [6.07, 6.45) is 3.50. The highest BCUT2D eigenvalue weighted by atomic mass is 35.5. The molecule has 5 nitrogen and oxygen atoms in total. The minimum absolute atomic E-state index is 0.124. The molecule has 3 aromatic rings. The Hall–Kier alpha value is -2.73. The summed E-state index contributed by atoms with van der Waals surface area (Å²) in [5.74, 6) is -0.472. The first-order valence-electron chi connectivity index (χ1n) is 9.92. The average molecular weight is 427 g/mol. The molecule has 2 N–H and O–H groups in total. The summed E-state index contributed by atoms with van der Waals surface area (Å²) in [6.45, 7) is 8.06. The van der Waals surface area contributed by atoms with Crippen molar-refractivity contribution in [2.45, 2.75) is 46.6 Å². The number of halogens is 2. The zero-order chi connectivity index (χ0) is 21.6. The number of hydrogen-bond acceptors (Lipinski definition) is 3. The van der Waals surface area contributed by atoms with Crippen molar-refractivity contribution in [2.75, 3.05) is 5.32 Å². The lowest BCUT2D eigenvalue weighted by Gasteiger charge is -2.42. The number of aromatic nitrogens is 2. The summed E-state index contributed by atoms with van der Waals surface area (Å²) >= 11 is 5.97. The molecule has 1 aliphatic carbocycles. The molecule has 0 aliphatic heterocycles. The highest BCUT2D eigenvalue weighted by molar-refractivity contribution is 6.30. The minimum Gasteiger partial charge on any atom is -0.335 e. The third-order valence-electron chi connectivity index (χ3n) is 5.64. The van der Waals surface area contributed by atoms with Gasteiger partial charge in [0.2, 0.25) is 0 Å². The van der Waals surface area contributed by atoms with E-state index < -0.39 is 11.8 Å². The smallest absolute Gasteiger partial charge is 0.319 e. The third kappa shape index (κ3) is 4.10. The first-order chi connectivity index (χ1) is 14.1. The normalized spacial score (nSPS) is 15.7. The first-order valence-corrected chi connectivity index (χ1v) is 10.3. The lowest BCUT2D eigenvalue weighted by atomic mass is 9.68. The molecule has 7 heteroatoms. The Balaban J connectivity index is 1.63. The van der Waals surface area contributed by atoms with Crippen molar-refractivity contribution in [3.8, 4) is 11.1 Å². The van der Waals surface area contributed by atoms with E-state index >= 15 is 0 Å². The van der Waals surface area contributed by atoms with Gasteiger partial charge in [0, 0.05) is 34.9 Å². The number of nitrogens with zero attached hydrogens (tertiary/aromatic N) is 2. The Labute approximate surface area is 180 Å². The van der Waals surface area contributed by atoms with Gasteiger partial charge in [-0.25, -0.2) is 14.2 Å². The van der Waals surface area contributed by atoms with Gasteiger partial charge in [0.15, 0.2) is 0 Å². The molecule has 1 aliphatic rings. The van der Waals surface area contributed by atoms with E-state index in [0.29, 0.717) is 5.15 Å². The Kier molecular flexibility index (Phi) is 5.14. The molecule has 1 aromatic carbocycles. The summed E-state index contributed by atoms with van der Waals surface area (Å²) in [5.41, 5.74) is 4.33. The van der Waals surface area contributed by atoms with E-state index in [1.165, 1.54) is 6.07 Å². The van der Waals surface area contributed by atoms with E-state index in [1.54, 1.807) is 18.3 Å². The van der Waals surface area contributed by atoms with Gasteiger partial charge in [-0.1, -0.05) is 25.4 Å². The van der Waals surface area contributed by atoms with Crippen LogP contribution >= 0.6 is 11.6 Å². The number of anilines is 1. The van der Waals surface area contributed by atoms with Crippen LogP contribution in [0.5, 0.6) is 0 Å². The second kappa shape index (κ2) is 7.51. The maximum Gasteiger partial charge on any atom is 0.319 e. The number of carbonyl (C=O) groups is 1. The van der Waals surface area contributed by atoms with E-state index in [1.807, 2.05) is 19.9 Å². The lowest BCUT2D eigenvalue weighted by molar-refractivity contribution is 0.132. The Morgan fingerprint density at radius 2 is 1.90 bits per heavy atom. The van der Waals surface area contributed by atoms with Crippen LogP contribution in [0.2, 0.25) is 5.15 Å². The summed E-state index contributed by atoms with van der Waals surface area (Å²) in [4.78, 5) is 21.1. The molecule has 0 spiro atoms. The quantitative estimate of drug-likeness (QED) is 0.503. The van der Waals surface area contributed by atoms with E-state index in [2.05, 4.69) is 34.4 Å². The summed E-state index contributed by atoms with van der Waals surface area (Å²) in [6, 6.07) is 6.50. The summed E-state index contributed by atoms with van der Waals surface area (Å²) < 4.78 is 14.6. The maximum atomic E-state index is 14.6. The fourth-order valence-electron chi connectivity index (χ4n) is 4.19. The predicted octanol–water partition coefficient (Wildman–Crippen LogP) is 6.02. The standard InChI is InChI=1S/C23H24ClFN4O/c1-12-5-18(25)20(29-22(30)28-15-9-23(3,4)10-15)7-16(12)17-6-14-11-26-21(24)8-19(14)27-13(17)2/h5-8,11,15H,9-10H2,1-4H3,(H2,28,29,30). The van der Waals surface area contributed by atoms with Crippen molar-refractivity contribution < 1.29 is 9.18 Å². The van der Waals surface area contributed by atoms with Gasteiger partial charge in [-0.2, -0.15) is 0 Å². The molecule has 0 bridgehead atoms. The molecule has 2 amide bonds. The lowest BCUT2D eigenvalue weighted by Crippen LogP contribution is -2.49. The van der Waals surface area contributed by atoms with Crippen LogP contribution in [0.1, 0.15) is 37.9 Å². The van der Waals surface area contributed by atoms with Crippen molar-refractivity contribution in [3.63, 3.8) is 0 Å². The van der Waals surface area contributed by atoms with Gasteiger partial charge in [0.05, 0.1) is 11.2 Å². The molecular weight excluding hydrogens is 403 g/mol. The van der Waals surface area contributed by atoms with Crippen LogP contribution < -0.4 is 10.6 Å². The minimum atomic E-state index is -0.472. The maximum absolute atomic E-state index is 14.6. The molecule has 30 heavy (non-hydrogen) atoms. The molecular formula is C23H24ClFN4O. The monoisotopic (exact) mass is 426 g/mol. The van der Waals surface area contributed by atoms with E-state index in [-0.39, 0.29) is 17.1 Å². The second-order valence-corrected chi connectivity index (χ2v) is 9.22. The van der Waals surface area contributed by atoms with Crippen molar-refractivity contribution in [1.29, 1.82) is 0 Å². The van der Waals surface area contributed by atoms with Crippen LogP contribution in [0.3, 0.4) is 0 Å². The molecule has 156 valence electrons. The molecule has 1 saturated carbocycles. The van der Waals surface area contributed by atoms with E-state index in [0.717, 1.165) is 46.1 Å². The molecule has 2 heterocycles. The van der Waals surface area contributed by atoms with Gasteiger partial charge in [-0.15, -0.1) is 0 Å². The topological polar surface area (TPSA) is 66.9 Å². The van der Waals surface area contributed by atoms with Crippen molar-refractivity contribution in [1.82, 2.24) is 15.3 Å². The van der Waals surface area contributed by atoms with E-state index in [4.69, 9.17) is 11.6 Å². The Bertz CT molecular complexity index is 1150. The van der Waals surface area contributed by atoms with E-state index in [9.17, 15) is 9.18 Å². The Morgan fingerprint density at radius 3 is 2.60 bits per heavy atom. The van der Waals surface area contributed by atoms with Crippen LogP contribution in [0.25, 0.3) is 22.0 Å². The summed E-state index contributed by atoms with van der Waals surface area (Å²) in [5, 5.41) is 6.79. The number of rotatable bonds is 3. The number of aryl methyl sites for hydroxylation is 2. The highest BCUT2D eigenvalue weighted by Crippen LogP contribution is 2.40. The van der Waals surface area contributed by atoms with Crippen LogP contribution in [-0.2, 0) is 0 Å². The molecule has 0 unspecified atom stereocenters. The fraction of sp³-hybridized carbons (Fsp3) is 0.348. The zero-order valence-electron chi connectivity index (χ0n) is 17.4. The van der Waals surface area contributed by atoms with Gasteiger partial charge in [-0.05, 0) is 61.4 Å². The first kappa shape index (κ1) is 20.5. The number of urea groups is 1. The number of carbonyl (C=O) groups excluding carboxylic acids is 1. The second-order valence-electron chi connectivity index (χ2n) is 8.84. The van der Waals surface area contributed by atoms with Gasteiger partial charge < -0.3 is 10.6 Å². The third-order valence-corrected chi connectivity index (χ3v) is 5.85. The zero-order valence-corrected chi connectivity index (χ0v) is 18.2. The van der Waals surface area contributed by atoms with Gasteiger partial charge in [0.25, 0.3) is 0 Å². The van der Waals surface area contributed by atoms with Crippen LogP contribution in [-0.4, -0.2) is 22.0 Å². The molecule has 1 fully saturated rings. The number of pyridine rings is 2. The fourth-order valence-corrected chi connectivity index (χ4v) is 4.34. The van der Waals surface area contributed by atoms with Crippen molar-refractivity contribution >= 4 is 34.2 Å².